The van der Waals surface area contributed by atoms with E-state index in [9.17, 15) is 9.59 Å². The normalized spacial score (nSPS) is 16.0. The molecule has 1 atom stereocenters. The lowest BCUT2D eigenvalue weighted by Crippen LogP contribution is -2.45. The summed E-state index contributed by atoms with van der Waals surface area (Å²) in [6.45, 7) is 1.93. The molecule has 1 aliphatic heterocycles. The molecule has 0 aliphatic carbocycles. The number of amides is 2. The van der Waals surface area contributed by atoms with Crippen molar-refractivity contribution in [2.75, 3.05) is 6.54 Å². The molecule has 3 heterocycles. The molecule has 0 saturated heterocycles. The maximum atomic E-state index is 12.1. The van der Waals surface area contributed by atoms with E-state index in [0.717, 1.165) is 40.6 Å². The Morgan fingerprint density at radius 1 is 1.36 bits per heavy atom. The van der Waals surface area contributed by atoms with Crippen LogP contribution in [0.3, 0.4) is 0 Å². The summed E-state index contributed by atoms with van der Waals surface area (Å²) >= 11 is 12.8. The molecule has 0 saturated carbocycles. The van der Waals surface area contributed by atoms with E-state index in [1.54, 1.807) is 12.3 Å². The summed E-state index contributed by atoms with van der Waals surface area (Å²) < 4.78 is 2.14. The van der Waals surface area contributed by atoms with Crippen LogP contribution in [0, 0.1) is 0 Å². The fourth-order valence-electron chi connectivity index (χ4n) is 3.83. The van der Waals surface area contributed by atoms with Crippen molar-refractivity contribution in [1.29, 1.82) is 0 Å². The monoisotopic (exact) mass is 419 g/mol. The SMILES string of the molecule is CC(=O)NCC(=O)NC1CCc2c(-c3cn[nH]c3)c3ccc(Cl)c(Cl)c3n2C1. The van der Waals surface area contributed by atoms with Gasteiger partial charge < -0.3 is 15.2 Å². The Morgan fingerprint density at radius 3 is 2.89 bits per heavy atom. The topological polar surface area (TPSA) is 91.8 Å². The summed E-state index contributed by atoms with van der Waals surface area (Å²) in [5, 5.41) is 14.4. The third-order valence-corrected chi connectivity index (χ3v) is 5.80. The van der Waals surface area contributed by atoms with Gasteiger partial charge in [-0.25, -0.2) is 0 Å². The number of hydrogen-bond acceptors (Lipinski definition) is 3. The lowest BCUT2D eigenvalue weighted by atomic mass is 9.99. The van der Waals surface area contributed by atoms with Crippen molar-refractivity contribution >= 4 is 45.9 Å². The lowest BCUT2D eigenvalue weighted by molar-refractivity contribution is -0.125. The zero-order chi connectivity index (χ0) is 19.8. The predicted molar refractivity (Wildman–Crippen MR) is 108 cm³/mol. The van der Waals surface area contributed by atoms with Crippen molar-refractivity contribution in [3.05, 3.63) is 40.3 Å². The van der Waals surface area contributed by atoms with Gasteiger partial charge in [-0.05, 0) is 18.9 Å². The smallest absolute Gasteiger partial charge is 0.239 e. The average molecular weight is 420 g/mol. The van der Waals surface area contributed by atoms with Gasteiger partial charge in [-0.1, -0.05) is 29.3 Å². The highest BCUT2D eigenvalue weighted by atomic mass is 35.5. The largest absolute Gasteiger partial charge is 0.350 e. The zero-order valence-electron chi connectivity index (χ0n) is 15.2. The molecule has 0 fully saturated rings. The van der Waals surface area contributed by atoms with E-state index in [-0.39, 0.29) is 24.4 Å². The number of rotatable bonds is 4. The van der Waals surface area contributed by atoms with Crippen LogP contribution < -0.4 is 10.6 Å². The van der Waals surface area contributed by atoms with Crippen molar-refractivity contribution in [2.45, 2.75) is 32.4 Å². The molecule has 0 spiro atoms. The summed E-state index contributed by atoms with van der Waals surface area (Å²) in [7, 11) is 0. The maximum absolute atomic E-state index is 12.1. The maximum Gasteiger partial charge on any atom is 0.239 e. The highest BCUT2D eigenvalue weighted by Gasteiger charge is 2.28. The Bertz CT molecular complexity index is 1060. The standard InChI is InChI=1S/C19H19Cl2N5O2/c1-10(27)22-8-16(28)25-12-2-5-15-17(11-6-23-24-7-11)13-3-4-14(20)18(21)19(13)26(15)9-12/h3-4,6-7,12H,2,5,8-9H2,1H3,(H,22,27)(H,23,24)(H,25,28). The van der Waals surface area contributed by atoms with Gasteiger partial charge in [0.25, 0.3) is 0 Å². The van der Waals surface area contributed by atoms with E-state index in [1.807, 2.05) is 12.3 Å². The molecule has 1 aliphatic rings. The van der Waals surface area contributed by atoms with Crippen LogP contribution in [0.5, 0.6) is 0 Å². The number of aromatic amines is 1. The lowest BCUT2D eigenvalue weighted by Gasteiger charge is -2.27. The van der Waals surface area contributed by atoms with E-state index in [4.69, 9.17) is 23.2 Å². The van der Waals surface area contributed by atoms with Gasteiger partial charge in [-0.15, -0.1) is 0 Å². The molecule has 4 rings (SSSR count). The van der Waals surface area contributed by atoms with E-state index in [1.165, 1.54) is 6.92 Å². The average Bonchev–Trinajstić information content (AvgIpc) is 3.28. The molecule has 0 bridgehead atoms. The molecule has 0 radical (unpaired) electrons. The molecule has 3 N–H and O–H groups in total. The number of nitrogens with zero attached hydrogens (tertiary/aromatic N) is 2. The van der Waals surface area contributed by atoms with Crippen LogP contribution in [0.25, 0.3) is 22.0 Å². The summed E-state index contributed by atoms with van der Waals surface area (Å²) in [5.74, 6) is -0.442. The van der Waals surface area contributed by atoms with E-state index < -0.39 is 0 Å². The Kier molecular flexibility index (Phi) is 5.03. The first kappa shape index (κ1) is 18.8. The van der Waals surface area contributed by atoms with Crippen molar-refractivity contribution in [2.24, 2.45) is 0 Å². The minimum absolute atomic E-state index is 0.0298. The first-order valence-corrected chi connectivity index (χ1v) is 9.73. The van der Waals surface area contributed by atoms with Crippen LogP contribution in [0.1, 0.15) is 19.0 Å². The highest BCUT2D eigenvalue weighted by molar-refractivity contribution is 6.45. The molecule has 2 amide bonds. The van der Waals surface area contributed by atoms with E-state index >= 15 is 0 Å². The quantitative estimate of drug-likeness (QED) is 0.606. The molecule has 9 heteroatoms. The first-order valence-electron chi connectivity index (χ1n) is 8.97. The molecule has 7 nitrogen and oxygen atoms in total. The van der Waals surface area contributed by atoms with Crippen LogP contribution >= 0.6 is 23.2 Å². The second kappa shape index (κ2) is 7.48. The molecular weight excluding hydrogens is 401 g/mol. The number of benzene rings is 1. The van der Waals surface area contributed by atoms with E-state index in [0.29, 0.717) is 16.6 Å². The number of fused-ring (bicyclic) bond motifs is 3. The van der Waals surface area contributed by atoms with Gasteiger partial charge in [0.15, 0.2) is 0 Å². The van der Waals surface area contributed by atoms with E-state index in [2.05, 4.69) is 25.4 Å². The number of nitrogens with one attached hydrogen (secondary N) is 3. The molecule has 1 unspecified atom stereocenters. The van der Waals surface area contributed by atoms with Gasteiger partial charge in [0.1, 0.15) is 0 Å². The fraction of sp³-hybridized carbons (Fsp3) is 0.316. The predicted octanol–water partition coefficient (Wildman–Crippen LogP) is 2.91. The third kappa shape index (κ3) is 3.36. The second-order valence-corrected chi connectivity index (χ2v) is 7.67. The summed E-state index contributed by atoms with van der Waals surface area (Å²) in [6.07, 6.45) is 5.21. The van der Waals surface area contributed by atoms with Crippen molar-refractivity contribution < 1.29 is 9.59 Å². The number of aromatic nitrogens is 3. The minimum Gasteiger partial charge on any atom is -0.350 e. The second-order valence-electron chi connectivity index (χ2n) is 6.89. The van der Waals surface area contributed by atoms with Crippen LogP contribution in [0.2, 0.25) is 10.0 Å². The Labute approximate surface area is 171 Å². The van der Waals surface area contributed by atoms with Crippen molar-refractivity contribution in [3.63, 3.8) is 0 Å². The van der Waals surface area contributed by atoms with Gasteiger partial charge in [0.2, 0.25) is 11.8 Å². The molecule has 3 aromatic rings. The Balaban J connectivity index is 1.71. The Hall–Kier alpha value is -2.51. The van der Waals surface area contributed by atoms with Crippen LogP contribution in [0.15, 0.2) is 24.5 Å². The van der Waals surface area contributed by atoms with Gasteiger partial charge in [-0.2, -0.15) is 5.10 Å². The number of carbonyl (C=O) groups excluding carboxylic acids is 2. The highest BCUT2D eigenvalue weighted by Crippen LogP contribution is 2.42. The molecular formula is C19H19Cl2N5O2. The fourth-order valence-corrected chi connectivity index (χ4v) is 4.25. The molecule has 2 aromatic heterocycles. The van der Waals surface area contributed by atoms with Gasteiger partial charge >= 0.3 is 0 Å². The molecule has 146 valence electrons. The number of halogens is 2. The number of hydrogen-bond donors (Lipinski definition) is 3. The van der Waals surface area contributed by atoms with Gasteiger partial charge in [0.05, 0.1) is 28.3 Å². The minimum atomic E-state index is -0.233. The van der Waals surface area contributed by atoms with Crippen LogP contribution in [-0.4, -0.2) is 39.2 Å². The summed E-state index contributed by atoms with van der Waals surface area (Å²) in [5.41, 5.74) is 4.09. The number of carbonyl (C=O) groups is 2. The number of H-pyrrole nitrogens is 1. The van der Waals surface area contributed by atoms with Crippen LogP contribution in [-0.2, 0) is 22.6 Å². The Morgan fingerprint density at radius 2 is 2.18 bits per heavy atom. The van der Waals surface area contributed by atoms with Crippen LogP contribution in [0.4, 0.5) is 0 Å². The van der Waals surface area contributed by atoms with Gasteiger partial charge in [-0.3, -0.25) is 14.7 Å². The molecule has 28 heavy (non-hydrogen) atoms. The third-order valence-electron chi connectivity index (χ3n) is 5.01. The molecule has 1 aromatic carbocycles. The zero-order valence-corrected chi connectivity index (χ0v) is 16.7. The first-order chi connectivity index (χ1) is 13.5. The van der Waals surface area contributed by atoms with Gasteiger partial charge in [0, 0.05) is 47.9 Å². The van der Waals surface area contributed by atoms with Crippen molar-refractivity contribution in [1.82, 2.24) is 25.4 Å². The summed E-state index contributed by atoms with van der Waals surface area (Å²) in [6, 6.07) is 3.72. The summed E-state index contributed by atoms with van der Waals surface area (Å²) in [4.78, 5) is 23.1. The van der Waals surface area contributed by atoms with Crippen molar-refractivity contribution in [3.8, 4) is 11.1 Å².